The molecule has 1 saturated heterocycles. The Kier molecular flexibility index (Phi) is 5.93. The van der Waals surface area contributed by atoms with Gasteiger partial charge in [-0.1, -0.05) is 11.8 Å². The number of thioether (sulfide) groups is 1. The Hall–Kier alpha value is -2.55. The first-order chi connectivity index (χ1) is 13.4. The lowest BCUT2D eigenvalue weighted by atomic mass is 9.92. The molecule has 0 spiro atoms. The lowest BCUT2D eigenvalue weighted by molar-refractivity contribution is -0.169. The van der Waals surface area contributed by atoms with E-state index in [1.807, 2.05) is 6.07 Å². The van der Waals surface area contributed by atoms with Gasteiger partial charge in [-0.2, -0.15) is 5.26 Å². The van der Waals surface area contributed by atoms with E-state index in [9.17, 15) is 19.5 Å². The number of ether oxygens (including phenoxy) is 3. The van der Waals surface area contributed by atoms with Gasteiger partial charge in [-0.3, -0.25) is 9.69 Å². The first kappa shape index (κ1) is 20.2. The number of hydrogen-bond acceptors (Lipinski definition) is 9. The molecule has 0 aliphatic carbocycles. The van der Waals surface area contributed by atoms with E-state index in [1.165, 1.54) is 0 Å². The summed E-state index contributed by atoms with van der Waals surface area (Å²) in [6.45, 7) is 3.46. The van der Waals surface area contributed by atoms with Crippen molar-refractivity contribution in [3.05, 3.63) is 27.1 Å². The second-order valence-corrected chi connectivity index (χ2v) is 7.85. The van der Waals surface area contributed by atoms with E-state index in [0.29, 0.717) is 11.5 Å². The number of carbonyl (C=O) groups excluding carboxylic acids is 2. The number of hydrogen-bond donors (Lipinski definition) is 1. The molecule has 1 amide bonds. The Morgan fingerprint density at radius 2 is 2.21 bits per heavy atom. The number of carboxylic acid groups (broad SMARTS) is 1. The molecule has 1 N–H and O–H groups in total. The summed E-state index contributed by atoms with van der Waals surface area (Å²) >= 11 is 2.22. The molecule has 0 radical (unpaired) electrons. The van der Waals surface area contributed by atoms with Crippen LogP contribution in [-0.4, -0.2) is 52.5 Å². The topological polar surface area (TPSA) is 126 Å². The standard InChI is InChI=1S/C17H16N2O7S2/c1-3-24-7-11(20)25-8(2)12-14(21)19-13(16(22)23)17(28-15(12)19)26-9-4-5-27-10(9)6-18/h4-5,8,12,15H,3,7H2,1-2H3,(H,22,23)/t8-,12+,15-/m1/s1. The highest BCUT2D eigenvalue weighted by atomic mass is 32.2. The molecule has 1 aromatic heterocycles. The normalized spacial score (nSPS) is 21.6. The summed E-state index contributed by atoms with van der Waals surface area (Å²) in [5.41, 5.74) is -0.279. The van der Waals surface area contributed by atoms with Crippen LogP contribution in [0.5, 0.6) is 5.75 Å². The lowest BCUT2D eigenvalue weighted by Gasteiger charge is -2.43. The van der Waals surface area contributed by atoms with Crippen LogP contribution in [0.3, 0.4) is 0 Å². The Morgan fingerprint density at radius 3 is 2.86 bits per heavy atom. The summed E-state index contributed by atoms with van der Waals surface area (Å²) < 4.78 is 15.8. The number of amides is 1. The highest BCUT2D eigenvalue weighted by molar-refractivity contribution is 8.03. The average molecular weight is 424 g/mol. The van der Waals surface area contributed by atoms with Gasteiger partial charge >= 0.3 is 11.9 Å². The molecular weight excluding hydrogens is 408 g/mol. The van der Waals surface area contributed by atoms with Crippen molar-refractivity contribution in [2.24, 2.45) is 5.92 Å². The van der Waals surface area contributed by atoms with Crippen molar-refractivity contribution >= 4 is 40.9 Å². The van der Waals surface area contributed by atoms with Gasteiger partial charge in [0, 0.05) is 6.61 Å². The largest absolute Gasteiger partial charge is 0.476 e. The molecule has 11 heteroatoms. The molecule has 2 aliphatic heterocycles. The lowest BCUT2D eigenvalue weighted by Crippen LogP contribution is -2.61. The van der Waals surface area contributed by atoms with Crippen molar-refractivity contribution in [1.29, 1.82) is 5.26 Å². The fourth-order valence-corrected chi connectivity index (χ4v) is 4.93. The molecule has 0 aromatic carbocycles. The fourth-order valence-electron chi connectivity index (χ4n) is 2.87. The fraction of sp³-hybridized carbons (Fsp3) is 0.412. The van der Waals surface area contributed by atoms with E-state index in [4.69, 9.17) is 19.5 Å². The summed E-state index contributed by atoms with van der Waals surface area (Å²) in [4.78, 5) is 37.4. The van der Waals surface area contributed by atoms with Crippen LogP contribution in [0.25, 0.3) is 0 Å². The molecule has 9 nitrogen and oxygen atoms in total. The molecule has 3 heterocycles. The van der Waals surface area contributed by atoms with Crippen LogP contribution in [0, 0.1) is 17.2 Å². The van der Waals surface area contributed by atoms with E-state index in [-0.39, 0.29) is 23.1 Å². The molecule has 28 heavy (non-hydrogen) atoms. The average Bonchev–Trinajstić information content (AvgIpc) is 3.22. The predicted octanol–water partition coefficient (Wildman–Crippen LogP) is 1.75. The van der Waals surface area contributed by atoms with Gasteiger partial charge in [0.25, 0.3) is 0 Å². The van der Waals surface area contributed by atoms with E-state index in [0.717, 1.165) is 28.0 Å². The molecule has 0 saturated carbocycles. The first-order valence-electron chi connectivity index (χ1n) is 8.29. The third kappa shape index (κ3) is 3.58. The second kappa shape index (κ2) is 8.22. The van der Waals surface area contributed by atoms with Gasteiger partial charge in [-0.25, -0.2) is 9.59 Å². The van der Waals surface area contributed by atoms with Gasteiger partial charge < -0.3 is 19.3 Å². The van der Waals surface area contributed by atoms with E-state index >= 15 is 0 Å². The zero-order valence-corrected chi connectivity index (χ0v) is 16.5. The van der Waals surface area contributed by atoms with Crippen LogP contribution < -0.4 is 4.74 Å². The number of esters is 1. The Bertz CT molecular complexity index is 888. The van der Waals surface area contributed by atoms with E-state index < -0.39 is 35.2 Å². The molecule has 0 bridgehead atoms. The molecule has 0 unspecified atom stereocenters. The van der Waals surface area contributed by atoms with Gasteiger partial charge in [-0.05, 0) is 25.3 Å². The predicted molar refractivity (Wildman–Crippen MR) is 98.1 cm³/mol. The van der Waals surface area contributed by atoms with Gasteiger partial charge in [0.2, 0.25) is 5.91 Å². The number of carboxylic acids is 1. The molecule has 3 rings (SSSR count). The molecule has 148 valence electrons. The number of rotatable bonds is 8. The maximum absolute atomic E-state index is 12.6. The maximum Gasteiger partial charge on any atom is 0.357 e. The van der Waals surface area contributed by atoms with Crippen molar-refractivity contribution < 1.29 is 33.7 Å². The smallest absolute Gasteiger partial charge is 0.357 e. The number of aliphatic carboxylic acids is 1. The van der Waals surface area contributed by atoms with Crippen LogP contribution in [0.4, 0.5) is 0 Å². The minimum Gasteiger partial charge on any atom is -0.476 e. The highest BCUT2D eigenvalue weighted by Gasteiger charge is 2.59. The van der Waals surface area contributed by atoms with Crippen molar-refractivity contribution in [2.45, 2.75) is 25.3 Å². The van der Waals surface area contributed by atoms with Gasteiger partial charge in [0.15, 0.2) is 16.5 Å². The molecule has 2 aliphatic rings. The summed E-state index contributed by atoms with van der Waals surface area (Å²) in [7, 11) is 0. The Balaban J connectivity index is 1.75. The summed E-state index contributed by atoms with van der Waals surface area (Å²) in [5, 5.41) is 19.7. The molecule has 1 fully saturated rings. The summed E-state index contributed by atoms with van der Waals surface area (Å²) in [6, 6.07) is 3.53. The number of β-lactam (4-membered cyclic amide) rings is 1. The van der Waals surface area contributed by atoms with Gasteiger partial charge in [0.1, 0.15) is 34.9 Å². The monoisotopic (exact) mass is 424 g/mol. The van der Waals surface area contributed by atoms with Crippen molar-refractivity contribution in [3.8, 4) is 11.8 Å². The number of fused-ring (bicyclic) bond motifs is 1. The van der Waals surface area contributed by atoms with Crippen molar-refractivity contribution in [3.63, 3.8) is 0 Å². The molecular formula is C17H16N2O7S2. The van der Waals surface area contributed by atoms with Crippen LogP contribution in [-0.2, 0) is 23.9 Å². The SMILES string of the molecule is CCOCC(=O)O[C@H](C)[C@H]1C(=O)N2C(C(=O)O)=C(Oc3ccsc3C#N)S[C@H]12. The van der Waals surface area contributed by atoms with Crippen LogP contribution in [0.1, 0.15) is 18.7 Å². The summed E-state index contributed by atoms with van der Waals surface area (Å²) in [5.74, 6) is -2.84. The zero-order valence-electron chi connectivity index (χ0n) is 14.9. The minimum absolute atomic E-state index is 0.0242. The number of thiophene rings is 1. The van der Waals surface area contributed by atoms with Gasteiger partial charge in [-0.15, -0.1) is 11.3 Å². The molecule has 1 aromatic rings. The Morgan fingerprint density at radius 1 is 1.46 bits per heavy atom. The van der Waals surface area contributed by atoms with E-state index in [2.05, 4.69) is 0 Å². The summed E-state index contributed by atoms with van der Waals surface area (Å²) in [6.07, 6.45) is -0.751. The van der Waals surface area contributed by atoms with Crippen LogP contribution in [0.15, 0.2) is 22.2 Å². The van der Waals surface area contributed by atoms with Gasteiger partial charge in [0.05, 0.1) is 0 Å². The quantitative estimate of drug-likeness (QED) is 0.490. The zero-order chi connectivity index (χ0) is 20.4. The third-order valence-electron chi connectivity index (χ3n) is 4.13. The third-order valence-corrected chi connectivity index (χ3v) is 6.17. The van der Waals surface area contributed by atoms with E-state index in [1.54, 1.807) is 25.3 Å². The van der Waals surface area contributed by atoms with Crippen LogP contribution >= 0.6 is 23.1 Å². The number of nitrogens with zero attached hydrogens (tertiary/aromatic N) is 2. The highest BCUT2D eigenvalue weighted by Crippen LogP contribution is 2.51. The number of nitriles is 1. The first-order valence-corrected chi connectivity index (χ1v) is 10.0. The maximum atomic E-state index is 12.6. The second-order valence-electron chi connectivity index (χ2n) is 5.84. The minimum atomic E-state index is -1.31. The number of carbonyl (C=O) groups is 3. The van der Waals surface area contributed by atoms with Crippen molar-refractivity contribution in [2.75, 3.05) is 13.2 Å². The van der Waals surface area contributed by atoms with Crippen LogP contribution in [0.2, 0.25) is 0 Å². The Labute approximate surface area is 168 Å². The van der Waals surface area contributed by atoms with Crippen molar-refractivity contribution in [1.82, 2.24) is 4.90 Å². The molecule has 3 atom stereocenters.